The quantitative estimate of drug-likeness (QED) is 0.0940. The summed E-state index contributed by atoms with van der Waals surface area (Å²) in [6.07, 6.45) is 3.40. The zero-order valence-electron chi connectivity index (χ0n) is 17.7. The maximum absolute atomic E-state index is 11.1. The summed E-state index contributed by atoms with van der Waals surface area (Å²) >= 11 is 2.58. The largest absolute Gasteiger partial charge is 0.476 e. The van der Waals surface area contributed by atoms with Gasteiger partial charge in [-0.25, -0.2) is 0 Å². The number of benzene rings is 2. The number of thioether (sulfide) groups is 1. The summed E-state index contributed by atoms with van der Waals surface area (Å²) in [7, 11) is 1.46. The number of fused-ring (bicyclic) bond motifs is 1. The van der Waals surface area contributed by atoms with E-state index in [1.807, 2.05) is 30.3 Å². The first-order valence-electron chi connectivity index (χ1n) is 9.51. The summed E-state index contributed by atoms with van der Waals surface area (Å²) in [6.45, 7) is 5.21. The van der Waals surface area contributed by atoms with Gasteiger partial charge in [0.1, 0.15) is 5.75 Å². The molecule has 11 heteroatoms. The summed E-state index contributed by atoms with van der Waals surface area (Å²) in [6, 6.07) is 12.9. The molecule has 0 saturated heterocycles. The van der Waals surface area contributed by atoms with Crippen molar-refractivity contribution in [2.45, 2.75) is 19.4 Å². The molecule has 8 nitrogen and oxygen atoms in total. The average Bonchev–Trinajstić information content (AvgIpc) is 2.78. The molecule has 1 aliphatic heterocycles. The molecule has 0 spiro atoms. The van der Waals surface area contributed by atoms with Crippen LogP contribution in [-0.4, -0.2) is 36.1 Å². The van der Waals surface area contributed by atoms with Crippen molar-refractivity contribution in [3.8, 4) is 5.75 Å². The Labute approximate surface area is 221 Å². The van der Waals surface area contributed by atoms with Gasteiger partial charge in [0.25, 0.3) is 5.69 Å². The third-order valence-corrected chi connectivity index (χ3v) is 6.29. The molecular weight excluding hydrogens is 525 g/mol. The van der Waals surface area contributed by atoms with Crippen molar-refractivity contribution in [2.24, 2.45) is 4.99 Å². The van der Waals surface area contributed by atoms with Gasteiger partial charge in [-0.05, 0) is 54.2 Å². The van der Waals surface area contributed by atoms with E-state index in [2.05, 4.69) is 26.3 Å². The number of allylic oxidation sites excluding steroid dienone is 1. The van der Waals surface area contributed by atoms with Crippen LogP contribution in [0.2, 0.25) is 0 Å². The first-order valence-corrected chi connectivity index (χ1v) is 11.2. The fourth-order valence-electron chi connectivity index (χ4n) is 3.19. The zero-order valence-corrected chi connectivity index (χ0v) is 22.1. The molecule has 2 aromatic carbocycles. The molecule has 0 saturated carbocycles. The van der Waals surface area contributed by atoms with Crippen molar-refractivity contribution >= 4 is 36.4 Å². The van der Waals surface area contributed by atoms with E-state index in [1.54, 1.807) is 30.1 Å². The van der Waals surface area contributed by atoms with E-state index >= 15 is 0 Å². The molecule has 1 heterocycles. The second kappa shape index (κ2) is 14.1. The molecule has 0 N–H and O–H groups in total. The molecule has 0 unspecified atom stereocenters. The van der Waals surface area contributed by atoms with Crippen molar-refractivity contribution < 1.29 is 46.7 Å². The Bertz CT molecular complexity index is 944. The Morgan fingerprint density at radius 3 is 2.78 bits per heavy atom. The number of nitro groups is 1. The number of non-ortho nitro benzene ring substituents is 1. The average molecular weight is 548 g/mol. The van der Waals surface area contributed by atoms with Gasteiger partial charge in [-0.2, -0.15) is 0 Å². The molecule has 32 heavy (non-hydrogen) atoms. The van der Waals surface area contributed by atoms with Crippen LogP contribution in [0.1, 0.15) is 16.7 Å². The van der Waals surface area contributed by atoms with Gasteiger partial charge in [-0.1, -0.05) is 18.2 Å². The Morgan fingerprint density at radius 1 is 1.31 bits per heavy atom. The van der Waals surface area contributed by atoms with Crippen LogP contribution in [0, 0.1) is 10.1 Å². The van der Waals surface area contributed by atoms with Crippen LogP contribution in [0.15, 0.2) is 58.6 Å². The van der Waals surface area contributed by atoms with Crippen LogP contribution < -0.4 is 4.18 Å². The van der Waals surface area contributed by atoms with Crippen LogP contribution in [0.3, 0.4) is 0 Å². The van der Waals surface area contributed by atoms with Crippen molar-refractivity contribution in [1.82, 2.24) is 4.90 Å². The van der Waals surface area contributed by atoms with E-state index in [9.17, 15) is 10.1 Å². The Morgan fingerprint density at radius 2 is 2.09 bits per heavy atom. The van der Waals surface area contributed by atoms with Crippen LogP contribution in [0.25, 0.3) is 4.89 Å². The van der Waals surface area contributed by atoms with Crippen molar-refractivity contribution in [3.63, 3.8) is 0 Å². The number of hydrogen-bond acceptors (Lipinski definition) is 8. The number of hydrogen-bond donors (Lipinski definition) is 0. The van der Waals surface area contributed by atoms with Crippen LogP contribution in [0.4, 0.5) is 5.69 Å². The number of nitrogens with zero attached hydrogens (tertiary/aromatic N) is 4. The summed E-state index contributed by atoms with van der Waals surface area (Å²) < 4.78 is 5.36. The number of nitro benzene ring substituents is 1. The van der Waals surface area contributed by atoms with E-state index in [4.69, 9.17) is 4.18 Å². The van der Waals surface area contributed by atoms with Gasteiger partial charge in [0, 0.05) is 88.4 Å². The second-order valence-corrected chi connectivity index (χ2v) is 8.34. The molecule has 2 aromatic rings. The van der Waals surface area contributed by atoms with Gasteiger partial charge in [-0.15, -0.1) is 11.8 Å². The Balaban J connectivity index is 0.00000363. The predicted octanol–water partition coefficient (Wildman–Crippen LogP) is 5.30. The Hall–Kier alpha value is -1.27. The van der Waals surface area contributed by atoms with E-state index in [0.29, 0.717) is 12.3 Å². The minimum atomic E-state index is -0.341. The zero-order chi connectivity index (χ0) is 22.1. The van der Waals surface area contributed by atoms with Crippen molar-refractivity contribution in [1.29, 1.82) is 0 Å². The first-order chi connectivity index (χ1) is 15.1. The van der Waals surface area contributed by atoms with Crippen LogP contribution in [0.5, 0.6) is 5.75 Å². The molecule has 1 radical (unpaired) electrons. The van der Waals surface area contributed by atoms with Crippen molar-refractivity contribution in [2.75, 3.05) is 19.5 Å². The monoisotopic (exact) mass is 548 g/mol. The van der Waals surface area contributed by atoms with E-state index in [0.717, 1.165) is 53.5 Å². The second-order valence-electron chi connectivity index (χ2n) is 6.80. The van der Waals surface area contributed by atoms with Gasteiger partial charge >= 0.3 is 0 Å². The topological polar surface area (TPSA) is 91.3 Å². The maximum Gasteiger partial charge on any atom is 0.269 e. The van der Waals surface area contributed by atoms with Crippen LogP contribution in [-0.2, 0) is 56.9 Å². The summed E-state index contributed by atoms with van der Waals surface area (Å²) in [4.78, 5) is 26.2. The van der Waals surface area contributed by atoms with E-state index in [-0.39, 0.29) is 43.3 Å². The number of rotatable bonds is 11. The molecule has 167 valence electrons. The molecular formula is C21H23N4O4S2Y-. The summed E-state index contributed by atoms with van der Waals surface area (Å²) in [5.74, 6) is 1.47. The molecule has 0 fully saturated rings. The summed E-state index contributed by atoms with van der Waals surface area (Å²) in [5.41, 5.74) is 3.49. The van der Waals surface area contributed by atoms with Gasteiger partial charge in [0.2, 0.25) is 0 Å². The number of aliphatic imine (C=N–C) groups is 1. The predicted molar refractivity (Wildman–Crippen MR) is 126 cm³/mol. The minimum Gasteiger partial charge on any atom is -0.476 e. The van der Waals surface area contributed by atoms with Gasteiger partial charge in [-0.3, -0.25) is 20.0 Å². The molecule has 0 bridgehead atoms. The SMILES string of the molecule is C=N/C=C(/Cc1ccc(OS[N-]OC)cc1)SCN1CCc2ccc([N+](=O)[O-])cc2C1.[Y]. The molecule has 0 amide bonds. The molecule has 3 rings (SSSR count). The van der Waals surface area contributed by atoms with E-state index in [1.165, 1.54) is 12.7 Å². The van der Waals surface area contributed by atoms with Gasteiger partial charge < -0.3 is 13.9 Å². The van der Waals surface area contributed by atoms with Gasteiger partial charge in [0.15, 0.2) is 0 Å². The van der Waals surface area contributed by atoms with Gasteiger partial charge in [0.05, 0.1) is 4.92 Å². The first kappa shape index (κ1) is 27.0. The third-order valence-electron chi connectivity index (χ3n) is 4.70. The Kier molecular flexibility index (Phi) is 11.9. The van der Waals surface area contributed by atoms with Crippen LogP contribution >= 0.6 is 24.0 Å². The van der Waals surface area contributed by atoms with Crippen molar-refractivity contribution in [3.05, 3.63) is 85.3 Å². The third kappa shape index (κ3) is 8.26. The molecule has 1 aliphatic rings. The molecule has 0 aliphatic carbocycles. The smallest absolute Gasteiger partial charge is 0.269 e. The molecule has 0 aromatic heterocycles. The fraction of sp³-hybridized carbons (Fsp3) is 0.286. The van der Waals surface area contributed by atoms with E-state index < -0.39 is 0 Å². The summed E-state index contributed by atoms with van der Waals surface area (Å²) in [5, 5.41) is 11.1. The maximum atomic E-state index is 11.1. The normalized spacial score (nSPS) is 13.7. The fourth-order valence-corrected chi connectivity index (χ4v) is 4.46. The minimum absolute atomic E-state index is 0. The standard InChI is InChI=1S/C21H23N4O4S2.Y/c1-22-13-21(11-16-3-7-20(8-4-16)29-31-23-28-2)30-15-24-10-9-17-5-6-19(25(26)27)12-18(17)14-24;/h3-8,12-13H,1,9-11,14-15H2,2H3;/q-1;/b21-13-;. The molecule has 0 atom stereocenters.